The van der Waals surface area contributed by atoms with Gasteiger partial charge in [0.2, 0.25) is 0 Å². The Kier molecular flexibility index (Phi) is 5.25. The summed E-state index contributed by atoms with van der Waals surface area (Å²) in [5, 5.41) is 13.5. The summed E-state index contributed by atoms with van der Waals surface area (Å²) < 4.78 is 5.24. The molecule has 0 aliphatic heterocycles. The minimum absolute atomic E-state index is 0.153. The lowest BCUT2D eigenvalue weighted by atomic mass is 10.1. The number of aromatic nitrogens is 2. The predicted octanol–water partition coefficient (Wildman–Crippen LogP) is 3.03. The summed E-state index contributed by atoms with van der Waals surface area (Å²) in [6.07, 6.45) is 1.84. The van der Waals surface area contributed by atoms with Crippen molar-refractivity contribution in [1.82, 2.24) is 9.97 Å². The standard InChI is InChI=1S/C19H16N4O5/c1-11-6-7-13(23(26)27)10-16(11)22-18(24)12(2)28-19(25)14-4-3-5-15-17(14)21-9-8-20-15/h3-10,12H,1-2H3,(H,22,24). The molecule has 0 aliphatic rings. The minimum atomic E-state index is -1.13. The number of aryl methyl sites for hydroxylation is 1. The first-order valence-electron chi connectivity index (χ1n) is 8.33. The molecule has 0 radical (unpaired) electrons. The van der Waals surface area contributed by atoms with Crippen LogP contribution >= 0.6 is 0 Å². The van der Waals surface area contributed by atoms with Crippen molar-refractivity contribution >= 4 is 34.3 Å². The number of nitrogens with one attached hydrogen (secondary N) is 1. The van der Waals surface area contributed by atoms with Gasteiger partial charge in [-0.25, -0.2) is 4.79 Å². The monoisotopic (exact) mass is 380 g/mol. The number of hydrogen-bond donors (Lipinski definition) is 1. The fourth-order valence-electron chi connectivity index (χ4n) is 2.53. The third-order valence-corrected chi connectivity index (χ3v) is 4.06. The van der Waals surface area contributed by atoms with Crippen LogP contribution in [0.1, 0.15) is 22.8 Å². The Bertz CT molecular complexity index is 1080. The number of nitro groups is 1. The molecule has 1 atom stereocenters. The maximum absolute atomic E-state index is 12.5. The third kappa shape index (κ3) is 3.93. The number of benzene rings is 2. The average molecular weight is 380 g/mol. The molecular formula is C19H16N4O5. The highest BCUT2D eigenvalue weighted by Crippen LogP contribution is 2.22. The molecule has 0 saturated heterocycles. The van der Waals surface area contributed by atoms with E-state index in [-0.39, 0.29) is 16.9 Å². The number of nitro benzene ring substituents is 1. The molecule has 3 aromatic rings. The van der Waals surface area contributed by atoms with E-state index < -0.39 is 22.9 Å². The van der Waals surface area contributed by atoms with Gasteiger partial charge in [-0.15, -0.1) is 0 Å². The van der Waals surface area contributed by atoms with Gasteiger partial charge in [0, 0.05) is 24.5 Å². The van der Waals surface area contributed by atoms with E-state index in [4.69, 9.17) is 4.74 Å². The van der Waals surface area contributed by atoms with Crippen LogP contribution in [-0.4, -0.2) is 32.9 Å². The van der Waals surface area contributed by atoms with Gasteiger partial charge < -0.3 is 10.1 Å². The van der Waals surface area contributed by atoms with Gasteiger partial charge in [0.05, 0.1) is 21.7 Å². The van der Waals surface area contributed by atoms with Crippen LogP contribution in [0.5, 0.6) is 0 Å². The zero-order chi connectivity index (χ0) is 20.3. The lowest BCUT2D eigenvalue weighted by molar-refractivity contribution is -0.384. The quantitative estimate of drug-likeness (QED) is 0.410. The highest BCUT2D eigenvalue weighted by molar-refractivity contribution is 6.03. The fraction of sp³-hybridized carbons (Fsp3) is 0.158. The van der Waals surface area contributed by atoms with Gasteiger partial charge in [-0.2, -0.15) is 0 Å². The number of ether oxygens (including phenoxy) is 1. The van der Waals surface area contributed by atoms with Gasteiger partial charge in [0.1, 0.15) is 5.52 Å². The maximum atomic E-state index is 12.5. The number of para-hydroxylation sites is 1. The molecule has 0 bridgehead atoms. The molecule has 1 amide bonds. The number of carbonyl (C=O) groups excluding carboxylic acids is 2. The molecule has 2 aromatic carbocycles. The van der Waals surface area contributed by atoms with Crippen molar-refractivity contribution in [1.29, 1.82) is 0 Å². The summed E-state index contributed by atoms with van der Waals surface area (Å²) in [6, 6.07) is 9.01. The largest absolute Gasteiger partial charge is 0.449 e. The highest BCUT2D eigenvalue weighted by atomic mass is 16.6. The molecule has 0 saturated carbocycles. The SMILES string of the molecule is Cc1ccc([N+](=O)[O-])cc1NC(=O)C(C)OC(=O)c1cccc2nccnc12. The first-order valence-corrected chi connectivity index (χ1v) is 8.33. The molecule has 9 nitrogen and oxygen atoms in total. The van der Waals surface area contributed by atoms with Gasteiger partial charge in [-0.3, -0.25) is 24.9 Å². The highest BCUT2D eigenvalue weighted by Gasteiger charge is 2.22. The predicted molar refractivity (Wildman–Crippen MR) is 101 cm³/mol. The Labute approximate surface area is 159 Å². The van der Waals surface area contributed by atoms with Crippen LogP contribution in [0.3, 0.4) is 0 Å². The molecule has 9 heteroatoms. The zero-order valence-corrected chi connectivity index (χ0v) is 15.1. The second-order valence-electron chi connectivity index (χ2n) is 6.02. The minimum Gasteiger partial charge on any atom is -0.449 e. The van der Waals surface area contributed by atoms with Gasteiger partial charge in [-0.05, 0) is 31.5 Å². The number of fused-ring (bicyclic) bond motifs is 1. The van der Waals surface area contributed by atoms with E-state index in [0.29, 0.717) is 16.6 Å². The Balaban J connectivity index is 1.75. The Hall–Kier alpha value is -3.88. The second-order valence-corrected chi connectivity index (χ2v) is 6.02. The van der Waals surface area contributed by atoms with Crippen LogP contribution in [0.2, 0.25) is 0 Å². The summed E-state index contributed by atoms with van der Waals surface area (Å²) in [5.41, 5.74) is 1.86. The van der Waals surface area contributed by atoms with Crippen LogP contribution in [0, 0.1) is 17.0 Å². The molecule has 28 heavy (non-hydrogen) atoms. The average Bonchev–Trinajstić information content (AvgIpc) is 2.68. The van der Waals surface area contributed by atoms with Crippen molar-refractivity contribution in [3.05, 3.63) is 70.0 Å². The molecule has 1 heterocycles. The number of non-ortho nitro benzene ring substituents is 1. The van der Waals surface area contributed by atoms with Gasteiger partial charge in [0.25, 0.3) is 11.6 Å². The molecule has 1 N–H and O–H groups in total. The topological polar surface area (TPSA) is 124 Å². The summed E-state index contributed by atoms with van der Waals surface area (Å²) in [6.45, 7) is 3.11. The fourth-order valence-corrected chi connectivity index (χ4v) is 2.53. The lowest BCUT2D eigenvalue weighted by Crippen LogP contribution is -2.30. The molecule has 1 unspecified atom stereocenters. The van der Waals surface area contributed by atoms with Crippen LogP contribution in [0.4, 0.5) is 11.4 Å². The van der Waals surface area contributed by atoms with E-state index >= 15 is 0 Å². The number of carbonyl (C=O) groups is 2. The molecule has 0 aliphatic carbocycles. The first kappa shape index (κ1) is 18.9. The van der Waals surface area contributed by atoms with Crippen molar-refractivity contribution < 1.29 is 19.2 Å². The summed E-state index contributed by atoms with van der Waals surface area (Å²) >= 11 is 0. The van der Waals surface area contributed by atoms with E-state index in [0.717, 1.165) is 0 Å². The molecule has 142 valence electrons. The molecular weight excluding hydrogens is 364 g/mol. The number of amides is 1. The Morgan fingerprint density at radius 2 is 1.93 bits per heavy atom. The molecule has 0 fully saturated rings. The van der Waals surface area contributed by atoms with E-state index in [1.165, 1.54) is 43.6 Å². The Morgan fingerprint density at radius 1 is 1.18 bits per heavy atom. The number of esters is 1. The van der Waals surface area contributed by atoms with E-state index in [1.54, 1.807) is 19.1 Å². The van der Waals surface area contributed by atoms with E-state index in [9.17, 15) is 19.7 Å². The second kappa shape index (κ2) is 7.78. The maximum Gasteiger partial charge on any atom is 0.341 e. The van der Waals surface area contributed by atoms with Gasteiger partial charge >= 0.3 is 5.97 Å². The lowest BCUT2D eigenvalue weighted by Gasteiger charge is -2.15. The molecule has 1 aromatic heterocycles. The van der Waals surface area contributed by atoms with Gasteiger partial charge in [-0.1, -0.05) is 12.1 Å². The zero-order valence-electron chi connectivity index (χ0n) is 15.1. The van der Waals surface area contributed by atoms with Crippen molar-refractivity contribution in [3.63, 3.8) is 0 Å². The number of nitrogens with zero attached hydrogens (tertiary/aromatic N) is 3. The van der Waals surface area contributed by atoms with Gasteiger partial charge in [0.15, 0.2) is 6.10 Å². The number of rotatable bonds is 5. The van der Waals surface area contributed by atoms with Crippen LogP contribution in [-0.2, 0) is 9.53 Å². The number of hydrogen-bond acceptors (Lipinski definition) is 7. The van der Waals surface area contributed by atoms with Crippen molar-refractivity contribution in [2.45, 2.75) is 20.0 Å². The van der Waals surface area contributed by atoms with E-state index in [2.05, 4.69) is 15.3 Å². The van der Waals surface area contributed by atoms with Crippen molar-refractivity contribution in [2.24, 2.45) is 0 Å². The first-order chi connectivity index (χ1) is 13.4. The van der Waals surface area contributed by atoms with Crippen LogP contribution < -0.4 is 5.32 Å². The van der Waals surface area contributed by atoms with Crippen molar-refractivity contribution in [2.75, 3.05) is 5.32 Å². The van der Waals surface area contributed by atoms with Crippen LogP contribution in [0.25, 0.3) is 11.0 Å². The summed E-state index contributed by atoms with van der Waals surface area (Å²) in [5.74, 6) is -1.33. The summed E-state index contributed by atoms with van der Waals surface area (Å²) in [7, 11) is 0. The number of anilines is 1. The normalized spacial score (nSPS) is 11.6. The Morgan fingerprint density at radius 3 is 2.68 bits per heavy atom. The molecule has 3 rings (SSSR count). The van der Waals surface area contributed by atoms with Crippen molar-refractivity contribution in [3.8, 4) is 0 Å². The smallest absolute Gasteiger partial charge is 0.341 e. The molecule has 0 spiro atoms. The van der Waals surface area contributed by atoms with Crippen LogP contribution in [0.15, 0.2) is 48.8 Å². The van der Waals surface area contributed by atoms with E-state index in [1.807, 2.05) is 0 Å². The summed E-state index contributed by atoms with van der Waals surface area (Å²) in [4.78, 5) is 43.5. The third-order valence-electron chi connectivity index (χ3n) is 4.06.